The third-order valence-corrected chi connectivity index (χ3v) is 3.32. The van der Waals surface area contributed by atoms with Crippen LogP contribution < -0.4 is 0 Å². The smallest absolute Gasteiger partial charge is 0.335 e. The molecular formula is C17H14N2O3. The first kappa shape index (κ1) is 15.3. The molecule has 0 aromatic heterocycles. The molecular weight excluding hydrogens is 280 g/mol. The largest absolute Gasteiger partial charge is 0.478 e. The van der Waals surface area contributed by atoms with Gasteiger partial charge < -0.3 is 10.0 Å². The van der Waals surface area contributed by atoms with Gasteiger partial charge in [-0.15, -0.1) is 0 Å². The number of carboxylic acids is 1. The first-order valence-electron chi connectivity index (χ1n) is 6.59. The Labute approximate surface area is 128 Å². The second-order valence-electron chi connectivity index (χ2n) is 4.74. The number of nitrogens with zero attached hydrogens (tertiary/aromatic N) is 2. The number of carboxylic acid groups (broad SMARTS) is 1. The molecule has 0 spiro atoms. The van der Waals surface area contributed by atoms with Gasteiger partial charge in [-0.05, 0) is 29.8 Å². The highest BCUT2D eigenvalue weighted by Gasteiger charge is 2.22. The normalized spacial score (nSPS) is 11.3. The molecule has 0 fully saturated rings. The van der Waals surface area contributed by atoms with Crippen molar-refractivity contribution < 1.29 is 14.7 Å². The minimum Gasteiger partial charge on any atom is -0.478 e. The maximum atomic E-state index is 12.4. The van der Waals surface area contributed by atoms with Crippen molar-refractivity contribution in [3.05, 3.63) is 71.3 Å². The molecule has 5 heteroatoms. The van der Waals surface area contributed by atoms with Gasteiger partial charge in [-0.3, -0.25) is 4.79 Å². The average molecular weight is 294 g/mol. The molecule has 2 aromatic rings. The van der Waals surface area contributed by atoms with Crippen molar-refractivity contribution in [2.75, 3.05) is 7.05 Å². The molecule has 5 nitrogen and oxygen atoms in total. The molecule has 1 amide bonds. The molecule has 0 aliphatic rings. The first-order chi connectivity index (χ1) is 10.5. The van der Waals surface area contributed by atoms with Gasteiger partial charge in [0, 0.05) is 12.6 Å². The molecule has 0 aliphatic heterocycles. The number of hydrogen-bond acceptors (Lipinski definition) is 3. The molecule has 0 saturated heterocycles. The molecule has 2 rings (SSSR count). The maximum absolute atomic E-state index is 12.4. The Morgan fingerprint density at radius 2 is 1.59 bits per heavy atom. The molecule has 1 N–H and O–H groups in total. The van der Waals surface area contributed by atoms with Crippen LogP contribution in [0.1, 0.15) is 32.3 Å². The summed E-state index contributed by atoms with van der Waals surface area (Å²) in [6, 6.07) is 16.1. The van der Waals surface area contributed by atoms with Crippen molar-refractivity contribution in [2.45, 2.75) is 6.04 Å². The van der Waals surface area contributed by atoms with Crippen LogP contribution in [0.2, 0.25) is 0 Å². The van der Waals surface area contributed by atoms with Gasteiger partial charge >= 0.3 is 5.97 Å². The Morgan fingerprint density at radius 3 is 2.09 bits per heavy atom. The molecule has 1 atom stereocenters. The van der Waals surface area contributed by atoms with E-state index < -0.39 is 12.0 Å². The lowest BCUT2D eigenvalue weighted by molar-refractivity contribution is 0.0694. The van der Waals surface area contributed by atoms with Crippen LogP contribution in [0.3, 0.4) is 0 Å². The van der Waals surface area contributed by atoms with Crippen LogP contribution >= 0.6 is 0 Å². The predicted octanol–water partition coefficient (Wildman–Crippen LogP) is 2.72. The molecule has 22 heavy (non-hydrogen) atoms. The summed E-state index contributed by atoms with van der Waals surface area (Å²) in [6.45, 7) is 0. The van der Waals surface area contributed by atoms with Crippen molar-refractivity contribution in [1.29, 1.82) is 5.26 Å². The first-order valence-corrected chi connectivity index (χ1v) is 6.59. The summed E-state index contributed by atoms with van der Waals surface area (Å²) in [5.41, 5.74) is 1.17. The fraction of sp³-hybridized carbons (Fsp3) is 0.118. The summed E-state index contributed by atoms with van der Waals surface area (Å²) in [4.78, 5) is 24.6. The minimum absolute atomic E-state index is 0.110. The fourth-order valence-corrected chi connectivity index (χ4v) is 2.10. The van der Waals surface area contributed by atoms with Gasteiger partial charge in [0.2, 0.25) is 0 Å². The van der Waals surface area contributed by atoms with Crippen LogP contribution in [-0.4, -0.2) is 28.9 Å². The lowest BCUT2D eigenvalue weighted by Crippen LogP contribution is -2.30. The minimum atomic E-state index is -1.05. The number of carbonyl (C=O) groups is 2. The van der Waals surface area contributed by atoms with E-state index in [0.29, 0.717) is 5.56 Å². The van der Waals surface area contributed by atoms with Crippen molar-refractivity contribution in [3.63, 3.8) is 0 Å². The molecule has 0 bridgehead atoms. The van der Waals surface area contributed by atoms with E-state index in [9.17, 15) is 14.9 Å². The highest BCUT2D eigenvalue weighted by molar-refractivity contribution is 5.96. The Balaban J connectivity index is 2.24. The lowest BCUT2D eigenvalue weighted by Gasteiger charge is -2.23. The van der Waals surface area contributed by atoms with E-state index in [4.69, 9.17) is 5.11 Å². The van der Waals surface area contributed by atoms with E-state index in [1.165, 1.54) is 29.2 Å². The van der Waals surface area contributed by atoms with Crippen LogP contribution in [0.15, 0.2) is 54.6 Å². The van der Waals surface area contributed by atoms with Crippen molar-refractivity contribution in [3.8, 4) is 6.07 Å². The Kier molecular flexibility index (Phi) is 4.54. The van der Waals surface area contributed by atoms with E-state index in [2.05, 4.69) is 6.07 Å². The van der Waals surface area contributed by atoms with Crippen molar-refractivity contribution >= 4 is 11.9 Å². The maximum Gasteiger partial charge on any atom is 0.335 e. The number of nitriles is 1. The third-order valence-electron chi connectivity index (χ3n) is 3.32. The van der Waals surface area contributed by atoms with Gasteiger partial charge in [-0.1, -0.05) is 30.3 Å². The highest BCUT2D eigenvalue weighted by atomic mass is 16.4. The number of carbonyl (C=O) groups excluding carboxylic acids is 1. The molecule has 0 saturated carbocycles. The predicted molar refractivity (Wildman–Crippen MR) is 80.3 cm³/mol. The third kappa shape index (κ3) is 3.13. The van der Waals surface area contributed by atoms with Gasteiger partial charge in [0.25, 0.3) is 5.91 Å². The van der Waals surface area contributed by atoms with Gasteiger partial charge in [0.05, 0.1) is 11.6 Å². The zero-order chi connectivity index (χ0) is 16.1. The standard InChI is InChI=1S/C17H14N2O3/c1-19(15(11-18)12-5-3-2-4-6-12)16(20)13-7-9-14(10-8-13)17(21)22/h2-10,15H,1H3,(H,21,22). The van der Waals surface area contributed by atoms with Gasteiger partial charge in [-0.25, -0.2) is 4.79 Å². The van der Waals surface area contributed by atoms with Crippen molar-refractivity contribution in [2.24, 2.45) is 0 Å². The van der Waals surface area contributed by atoms with Crippen LogP contribution in [0.25, 0.3) is 0 Å². The second-order valence-corrected chi connectivity index (χ2v) is 4.74. The Morgan fingerprint density at radius 1 is 1.05 bits per heavy atom. The molecule has 110 valence electrons. The summed E-state index contributed by atoms with van der Waals surface area (Å²) >= 11 is 0. The SMILES string of the molecule is CN(C(=O)c1ccc(C(=O)O)cc1)C(C#N)c1ccccc1. The fourth-order valence-electron chi connectivity index (χ4n) is 2.10. The average Bonchev–Trinajstić information content (AvgIpc) is 2.56. The summed E-state index contributed by atoms with van der Waals surface area (Å²) in [5.74, 6) is -1.39. The van der Waals surface area contributed by atoms with Gasteiger partial charge in [-0.2, -0.15) is 5.26 Å². The lowest BCUT2D eigenvalue weighted by atomic mass is 10.1. The molecule has 1 unspecified atom stereocenters. The molecule has 0 radical (unpaired) electrons. The van der Waals surface area contributed by atoms with Gasteiger partial charge in [0.15, 0.2) is 0 Å². The Hall–Kier alpha value is -3.13. The van der Waals surface area contributed by atoms with Gasteiger partial charge in [0.1, 0.15) is 6.04 Å². The number of rotatable bonds is 4. The number of benzene rings is 2. The summed E-state index contributed by atoms with van der Waals surface area (Å²) in [7, 11) is 1.55. The quantitative estimate of drug-likeness (QED) is 0.940. The topological polar surface area (TPSA) is 81.4 Å². The molecule has 2 aromatic carbocycles. The van der Waals surface area contributed by atoms with E-state index in [-0.39, 0.29) is 11.5 Å². The van der Waals surface area contributed by atoms with Crippen LogP contribution in [0.5, 0.6) is 0 Å². The zero-order valence-electron chi connectivity index (χ0n) is 11.9. The summed E-state index contributed by atoms with van der Waals surface area (Å²) in [6.07, 6.45) is 0. The van der Waals surface area contributed by atoms with Crippen LogP contribution in [0.4, 0.5) is 0 Å². The molecule has 0 aliphatic carbocycles. The highest BCUT2D eigenvalue weighted by Crippen LogP contribution is 2.20. The number of aromatic carboxylic acids is 1. The zero-order valence-corrected chi connectivity index (χ0v) is 11.9. The number of hydrogen-bond donors (Lipinski definition) is 1. The Bertz CT molecular complexity index is 718. The van der Waals surface area contributed by atoms with E-state index in [0.717, 1.165) is 5.56 Å². The summed E-state index contributed by atoms with van der Waals surface area (Å²) < 4.78 is 0. The van der Waals surface area contributed by atoms with Crippen LogP contribution in [-0.2, 0) is 0 Å². The molecule has 0 heterocycles. The second kappa shape index (κ2) is 6.55. The monoisotopic (exact) mass is 294 g/mol. The van der Waals surface area contributed by atoms with E-state index in [1.54, 1.807) is 31.3 Å². The van der Waals surface area contributed by atoms with Crippen molar-refractivity contribution in [1.82, 2.24) is 4.90 Å². The summed E-state index contributed by atoms with van der Waals surface area (Å²) in [5, 5.41) is 18.2. The number of amides is 1. The van der Waals surface area contributed by atoms with E-state index in [1.807, 2.05) is 6.07 Å². The van der Waals surface area contributed by atoms with E-state index >= 15 is 0 Å². The van der Waals surface area contributed by atoms with Crippen LogP contribution in [0, 0.1) is 11.3 Å².